The molecule has 2 rings (SSSR count). The number of imidazole rings is 1. The second-order valence-corrected chi connectivity index (χ2v) is 4.37. The molecule has 0 aromatic carbocycles. The fourth-order valence-electron chi connectivity index (χ4n) is 1.47. The predicted molar refractivity (Wildman–Crippen MR) is 67.1 cm³/mol. The lowest BCUT2D eigenvalue weighted by molar-refractivity contribution is 0.328. The molecule has 0 bridgehead atoms. The van der Waals surface area contributed by atoms with Crippen molar-refractivity contribution in [3.05, 3.63) is 18.0 Å². The molecule has 2 aromatic heterocycles. The van der Waals surface area contributed by atoms with E-state index >= 15 is 0 Å². The van der Waals surface area contributed by atoms with Crippen LogP contribution >= 0.6 is 11.8 Å². The Morgan fingerprint density at radius 3 is 3.00 bits per heavy atom. The van der Waals surface area contributed by atoms with Crippen molar-refractivity contribution >= 4 is 22.9 Å². The maximum atomic E-state index is 5.34. The molecule has 1 N–H and O–H groups in total. The first kappa shape index (κ1) is 11.3. The molecule has 0 saturated heterocycles. The Hall–Kier alpha value is -1.23. The number of nitrogens with one attached hydrogen (secondary N) is 1. The Bertz CT molecular complexity index is 469. The van der Waals surface area contributed by atoms with Gasteiger partial charge in [0.25, 0.3) is 0 Å². The molecular formula is C11H15N3OS. The fraction of sp³-hybridized carbons (Fsp3) is 0.455. The Kier molecular flexibility index (Phi) is 3.66. The molecule has 86 valence electrons. The molecule has 0 spiro atoms. The lowest BCUT2D eigenvalue weighted by Gasteiger charge is -1.99. The second kappa shape index (κ2) is 5.21. The van der Waals surface area contributed by atoms with Crippen LogP contribution < -0.4 is 4.74 Å². The molecule has 0 aliphatic rings. The number of rotatable bonds is 5. The third-order valence-electron chi connectivity index (χ3n) is 2.20. The summed E-state index contributed by atoms with van der Waals surface area (Å²) in [6.07, 6.45) is 3.04. The zero-order chi connectivity index (χ0) is 11.4. The van der Waals surface area contributed by atoms with Crippen LogP contribution in [0, 0.1) is 0 Å². The molecule has 4 nitrogen and oxygen atoms in total. The van der Waals surface area contributed by atoms with Gasteiger partial charge in [0.2, 0.25) is 5.88 Å². The summed E-state index contributed by atoms with van der Waals surface area (Å²) in [7, 11) is 0. The minimum atomic E-state index is 0.627. The highest BCUT2D eigenvalue weighted by Crippen LogP contribution is 2.15. The first-order chi connectivity index (χ1) is 7.83. The molecule has 16 heavy (non-hydrogen) atoms. The quantitative estimate of drug-likeness (QED) is 0.866. The van der Waals surface area contributed by atoms with E-state index in [1.165, 1.54) is 0 Å². The Morgan fingerprint density at radius 1 is 1.38 bits per heavy atom. The standard InChI is InChI=1S/C11H15N3OS/c1-3-15-10-5-4-8-11(14-10)13-9(12-8)6-7-16-2/h4-5H,3,6-7H2,1-2H3,(H,12,13,14). The highest BCUT2D eigenvalue weighted by Gasteiger charge is 2.05. The summed E-state index contributed by atoms with van der Waals surface area (Å²) >= 11 is 1.81. The average Bonchev–Trinajstić information content (AvgIpc) is 2.68. The number of thioether (sulfide) groups is 1. The van der Waals surface area contributed by atoms with Gasteiger partial charge < -0.3 is 9.72 Å². The van der Waals surface area contributed by atoms with Crippen LogP contribution in [0.15, 0.2) is 12.1 Å². The lowest BCUT2D eigenvalue weighted by atomic mass is 10.4. The Morgan fingerprint density at radius 2 is 2.25 bits per heavy atom. The van der Waals surface area contributed by atoms with Gasteiger partial charge in [-0.25, -0.2) is 4.98 Å². The van der Waals surface area contributed by atoms with Crippen molar-refractivity contribution in [2.75, 3.05) is 18.6 Å². The van der Waals surface area contributed by atoms with Gasteiger partial charge in [-0.2, -0.15) is 16.7 Å². The van der Waals surface area contributed by atoms with Crippen molar-refractivity contribution < 1.29 is 4.74 Å². The summed E-state index contributed by atoms with van der Waals surface area (Å²) < 4.78 is 5.34. The number of aryl methyl sites for hydroxylation is 1. The van der Waals surface area contributed by atoms with E-state index in [9.17, 15) is 0 Å². The molecule has 2 aromatic rings. The number of hydrogen-bond donors (Lipinski definition) is 1. The van der Waals surface area contributed by atoms with Crippen LogP contribution in [0.2, 0.25) is 0 Å². The van der Waals surface area contributed by atoms with E-state index in [4.69, 9.17) is 4.74 Å². The fourth-order valence-corrected chi connectivity index (χ4v) is 1.87. The molecule has 2 heterocycles. The second-order valence-electron chi connectivity index (χ2n) is 3.38. The molecule has 0 saturated carbocycles. The third kappa shape index (κ3) is 2.47. The summed E-state index contributed by atoms with van der Waals surface area (Å²) in [6, 6.07) is 3.82. The van der Waals surface area contributed by atoms with Crippen LogP contribution in [0.25, 0.3) is 11.2 Å². The first-order valence-corrected chi connectivity index (χ1v) is 6.70. The number of H-pyrrole nitrogens is 1. The van der Waals surface area contributed by atoms with E-state index in [1.807, 2.05) is 30.8 Å². The zero-order valence-corrected chi connectivity index (χ0v) is 10.3. The van der Waals surface area contributed by atoms with E-state index in [-0.39, 0.29) is 0 Å². The van der Waals surface area contributed by atoms with Gasteiger partial charge in [0.1, 0.15) is 5.82 Å². The van der Waals surface area contributed by atoms with E-state index < -0.39 is 0 Å². The van der Waals surface area contributed by atoms with Crippen molar-refractivity contribution in [1.82, 2.24) is 15.0 Å². The summed E-state index contributed by atoms with van der Waals surface area (Å²) in [6.45, 7) is 2.57. The largest absolute Gasteiger partial charge is 0.478 e. The molecule has 0 unspecified atom stereocenters. The maximum absolute atomic E-state index is 5.34. The van der Waals surface area contributed by atoms with Gasteiger partial charge >= 0.3 is 0 Å². The minimum absolute atomic E-state index is 0.627. The van der Waals surface area contributed by atoms with E-state index in [0.29, 0.717) is 12.5 Å². The summed E-state index contributed by atoms with van der Waals surface area (Å²) in [5, 5.41) is 0. The number of aromatic nitrogens is 3. The van der Waals surface area contributed by atoms with Gasteiger partial charge in [-0.05, 0) is 19.2 Å². The number of pyridine rings is 1. The van der Waals surface area contributed by atoms with Crippen LogP contribution in [0.1, 0.15) is 12.7 Å². The first-order valence-electron chi connectivity index (χ1n) is 5.31. The van der Waals surface area contributed by atoms with Crippen LogP contribution in [0.4, 0.5) is 0 Å². The normalized spacial score (nSPS) is 10.9. The van der Waals surface area contributed by atoms with Crippen LogP contribution in [0.3, 0.4) is 0 Å². The summed E-state index contributed by atoms with van der Waals surface area (Å²) in [4.78, 5) is 12.0. The van der Waals surface area contributed by atoms with Crippen molar-refractivity contribution in [1.29, 1.82) is 0 Å². The highest BCUT2D eigenvalue weighted by molar-refractivity contribution is 7.98. The third-order valence-corrected chi connectivity index (χ3v) is 2.82. The number of hydrogen-bond acceptors (Lipinski definition) is 4. The van der Waals surface area contributed by atoms with E-state index in [1.54, 1.807) is 0 Å². The molecule has 0 amide bonds. The van der Waals surface area contributed by atoms with Gasteiger partial charge in [-0.15, -0.1) is 0 Å². The van der Waals surface area contributed by atoms with Gasteiger partial charge in [-0.1, -0.05) is 0 Å². The van der Waals surface area contributed by atoms with Gasteiger partial charge in [0.05, 0.1) is 12.1 Å². The van der Waals surface area contributed by atoms with E-state index in [2.05, 4.69) is 21.2 Å². The SMILES string of the molecule is CCOc1ccc2[nH]c(CCSC)nc2n1. The molecule has 0 aliphatic carbocycles. The topological polar surface area (TPSA) is 50.8 Å². The Labute approximate surface area is 98.8 Å². The number of ether oxygens (including phenoxy) is 1. The molecule has 0 radical (unpaired) electrons. The lowest BCUT2D eigenvalue weighted by Crippen LogP contribution is -1.93. The van der Waals surface area contributed by atoms with Crippen molar-refractivity contribution in [2.45, 2.75) is 13.3 Å². The summed E-state index contributed by atoms with van der Waals surface area (Å²) in [5.74, 6) is 2.70. The molecular weight excluding hydrogens is 222 g/mol. The molecule has 0 aliphatic heterocycles. The summed E-state index contributed by atoms with van der Waals surface area (Å²) in [5.41, 5.74) is 1.71. The molecule has 0 fully saturated rings. The van der Waals surface area contributed by atoms with E-state index in [0.717, 1.165) is 29.2 Å². The molecule has 5 heteroatoms. The maximum Gasteiger partial charge on any atom is 0.215 e. The average molecular weight is 237 g/mol. The van der Waals surface area contributed by atoms with Crippen LogP contribution in [-0.2, 0) is 6.42 Å². The number of fused-ring (bicyclic) bond motifs is 1. The smallest absolute Gasteiger partial charge is 0.215 e. The minimum Gasteiger partial charge on any atom is -0.478 e. The van der Waals surface area contributed by atoms with Crippen molar-refractivity contribution in [3.63, 3.8) is 0 Å². The highest BCUT2D eigenvalue weighted by atomic mass is 32.2. The van der Waals surface area contributed by atoms with Gasteiger partial charge in [0, 0.05) is 18.2 Å². The predicted octanol–water partition coefficient (Wildman–Crippen LogP) is 2.26. The monoisotopic (exact) mass is 237 g/mol. The van der Waals surface area contributed by atoms with Crippen LogP contribution in [0.5, 0.6) is 5.88 Å². The van der Waals surface area contributed by atoms with Crippen LogP contribution in [-0.4, -0.2) is 33.6 Å². The van der Waals surface area contributed by atoms with Gasteiger partial charge in [0.15, 0.2) is 5.65 Å². The Balaban J connectivity index is 2.23. The van der Waals surface area contributed by atoms with Crippen molar-refractivity contribution in [3.8, 4) is 5.88 Å². The van der Waals surface area contributed by atoms with Crippen molar-refractivity contribution in [2.24, 2.45) is 0 Å². The number of nitrogens with zero attached hydrogens (tertiary/aromatic N) is 2. The molecule has 0 atom stereocenters. The zero-order valence-electron chi connectivity index (χ0n) is 9.49. The van der Waals surface area contributed by atoms with Gasteiger partial charge in [-0.3, -0.25) is 0 Å². The number of aromatic amines is 1.